The van der Waals surface area contributed by atoms with E-state index in [9.17, 15) is 0 Å². The highest BCUT2D eigenvalue weighted by Crippen LogP contribution is 2.32. The topological polar surface area (TPSA) is 15.3 Å². The van der Waals surface area contributed by atoms with Gasteiger partial charge in [-0.3, -0.25) is 4.90 Å². The molecule has 20 heavy (non-hydrogen) atoms. The average Bonchev–Trinajstić information content (AvgIpc) is 2.50. The summed E-state index contributed by atoms with van der Waals surface area (Å²) < 4.78 is 0. The maximum absolute atomic E-state index is 3.44. The van der Waals surface area contributed by atoms with Gasteiger partial charge in [-0.05, 0) is 43.7 Å². The predicted octanol–water partition coefficient (Wildman–Crippen LogP) is 3.23. The molecular weight excluding hydrogens is 244 g/mol. The van der Waals surface area contributed by atoms with E-state index in [2.05, 4.69) is 41.4 Å². The van der Waals surface area contributed by atoms with Crippen molar-refractivity contribution in [2.75, 3.05) is 32.7 Å². The molecule has 0 radical (unpaired) electrons. The second-order valence-corrected chi connectivity index (χ2v) is 6.18. The molecule has 0 atom stereocenters. The number of allylic oxidation sites excluding steroid dienone is 1. The van der Waals surface area contributed by atoms with Gasteiger partial charge in [0.15, 0.2) is 0 Å². The van der Waals surface area contributed by atoms with Crippen LogP contribution in [0.15, 0.2) is 29.8 Å². The standard InChI is InChI=1S/C18H26N2/c1-15-6-8-16(9-7-15)18-5-3-2-4-17(18)14-20-12-10-19-11-13-20/h6-9,19H,2-5,10-14H2,1H3. The number of hydrogen-bond acceptors (Lipinski definition) is 2. The van der Waals surface area contributed by atoms with Crippen LogP contribution in [0.3, 0.4) is 0 Å². The van der Waals surface area contributed by atoms with Crippen molar-refractivity contribution in [3.05, 3.63) is 41.0 Å². The fourth-order valence-corrected chi connectivity index (χ4v) is 3.38. The molecule has 2 nitrogen and oxygen atoms in total. The van der Waals surface area contributed by atoms with E-state index in [0.717, 1.165) is 13.1 Å². The van der Waals surface area contributed by atoms with E-state index >= 15 is 0 Å². The number of nitrogens with zero attached hydrogens (tertiary/aromatic N) is 1. The summed E-state index contributed by atoms with van der Waals surface area (Å²) in [5.74, 6) is 0. The third-order valence-electron chi connectivity index (χ3n) is 4.61. The second kappa shape index (κ2) is 6.55. The Balaban J connectivity index is 1.80. The molecule has 1 saturated heterocycles. The SMILES string of the molecule is Cc1ccc(C2=C(CN3CCNCC3)CCCC2)cc1. The van der Waals surface area contributed by atoms with Gasteiger partial charge < -0.3 is 5.32 Å². The number of benzene rings is 1. The highest BCUT2D eigenvalue weighted by Gasteiger charge is 2.18. The molecular formula is C18H26N2. The lowest BCUT2D eigenvalue weighted by molar-refractivity contribution is 0.257. The number of nitrogens with one attached hydrogen (secondary N) is 1. The summed E-state index contributed by atoms with van der Waals surface area (Å²) in [6, 6.07) is 9.13. The minimum atomic E-state index is 1.15. The van der Waals surface area contributed by atoms with Gasteiger partial charge >= 0.3 is 0 Å². The van der Waals surface area contributed by atoms with Crippen molar-refractivity contribution < 1.29 is 0 Å². The molecule has 0 aromatic heterocycles. The van der Waals surface area contributed by atoms with E-state index < -0.39 is 0 Å². The van der Waals surface area contributed by atoms with E-state index in [-0.39, 0.29) is 0 Å². The number of hydrogen-bond donors (Lipinski definition) is 1. The zero-order valence-electron chi connectivity index (χ0n) is 12.6. The third kappa shape index (κ3) is 3.31. The lowest BCUT2D eigenvalue weighted by Crippen LogP contribution is -2.44. The Morgan fingerprint density at radius 2 is 1.70 bits per heavy atom. The number of rotatable bonds is 3. The molecule has 1 aromatic rings. The highest BCUT2D eigenvalue weighted by molar-refractivity contribution is 5.70. The Morgan fingerprint density at radius 3 is 2.45 bits per heavy atom. The van der Waals surface area contributed by atoms with Gasteiger partial charge in [-0.25, -0.2) is 0 Å². The van der Waals surface area contributed by atoms with Gasteiger partial charge in [-0.2, -0.15) is 0 Å². The fraction of sp³-hybridized carbons (Fsp3) is 0.556. The van der Waals surface area contributed by atoms with Crippen LogP contribution < -0.4 is 5.32 Å². The van der Waals surface area contributed by atoms with Crippen LogP contribution in [0, 0.1) is 6.92 Å². The Hall–Kier alpha value is -1.12. The molecule has 1 heterocycles. The van der Waals surface area contributed by atoms with Gasteiger partial charge in [0.05, 0.1) is 0 Å². The molecule has 1 fully saturated rings. The third-order valence-corrected chi connectivity index (χ3v) is 4.61. The van der Waals surface area contributed by atoms with Crippen molar-refractivity contribution in [1.29, 1.82) is 0 Å². The molecule has 0 saturated carbocycles. The zero-order valence-corrected chi connectivity index (χ0v) is 12.6. The van der Waals surface area contributed by atoms with Crippen LogP contribution in [0.1, 0.15) is 36.8 Å². The molecule has 108 valence electrons. The first-order chi connectivity index (χ1) is 9.83. The zero-order chi connectivity index (χ0) is 13.8. The minimum absolute atomic E-state index is 1.15. The van der Waals surface area contributed by atoms with Crippen LogP contribution in [0.2, 0.25) is 0 Å². The van der Waals surface area contributed by atoms with Gasteiger partial charge in [-0.1, -0.05) is 35.4 Å². The lowest BCUT2D eigenvalue weighted by atomic mass is 9.87. The maximum Gasteiger partial charge on any atom is 0.0200 e. The van der Waals surface area contributed by atoms with Crippen LogP contribution in [0.25, 0.3) is 5.57 Å². The van der Waals surface area contributed by atoms with Crippen LogP contribution in [0.4, 0.5) is 0 Å². The van der Waals surface area contributed by atoms with Crippen LogP contribution in [-0.4, -0.2) is 37.6 Å². The average molecular weight is 270 g/mol. The summed E-state index contributed by atoms with van der Waals surface area (Å²) in [7, 11) is 0. The fourth-order valence-electron chi connectivity index (χ4n) is 3.38. The monoisotopic (exact) mass is 270 g/mol. The highest BCUT2D eigenvalue weighted by atomic mass is 15.2. The van der Waals surface area contributed by atoms with Crippen LogP contribution >= 0.6 is 0 Å². The molecule has 1 aromatic carbocycles. The maximum atomic E-state index is 3.44. The van der Waals surface area contributed by atoms with Crippen LogP contribution in [0.5, 0.6) is 0 Å². The Labute approximate surface area is 122 Å². The van der Waals surface area contributed by atoms with E-state index in [1.165, 1.54) is 56.4 Å². The summed E-state index contributed by atoms with van der Waals surface area (Å²) in [4.78, 5) is 2.62. The summed E-state index contributed by atoms with van der Waals surface area (Å²) in [6.45, 7) is 8.04. The summed E-state index contributed by atoms with van der Waals surface area (Å²) in [5, 5.41) is 3.44. The Kier molecular flexibility index (Phi) is 4.54. The quantitative estimate of drug-likeness (QED) is 0.907. The molecule has 0 bridgehead atoms. The second-order valence-electron chi connectivity index (χ2n) is 6.18. The molecule has 2 aliphatic rings. The van der Waals surface area contributed by atoms with Gasteiger partial charge in [-0.15, -0.1) is 0 Å². The molecule has 1 N–H and O–H groups in total. The summed E-state index contributed by atoms with van der Waals surface area (Å²) in [5.41, 5.74) is 6.14. The number of piperazine rings is 1. The van der Waals surface area contributed by atoms with Crippen molar-refractivity contribution >= 4 is 5.57 Å². The molecule has 0 unspecified atom stereocenters. The molecule has 2 heteroatoms. The first kappa shape index (κ1) is 13.8. The van der Waals surface area contributed by atoms with E-state index in [4.69, 9.17) is 0 Å². The smallest absolute Gasteiger partial charge is 0.0200 e. The number of aryl methyl sites for hydroxylation is 1. The molecule has 3 rings (SSSR count). The first-order valence-corrected chi connectivity index (χ1v) is 8.04. The summed E-state index contributed by atoms with van der Waals surface area (Å²) in [6.07, 6.45) is 5.29. The normalized spacial score (nSPS) is 21.2. The molecule has 1 aliphatic carbocycles. The minimum Gasteiger partial charge on any atom is -0.314 e. The van der Waals surface area contributed by atoms with Crippen molar-refractivity contribution in [3.63, 3.8) is 0 Å². The van der Waals surface area contributed by atoms with E-state index in [0.29, 0.717) is 0 Å². The van der Waals surface area contributed by atoms with Crippen molar-refractivity contribution in [1.82, 2.24) is 10.2 Å². The summed E-state index contributed by atoms with van der Waals surface area (Å²) >= 11 is 0. The van der Waals surface area contributed by atoms with Gasteiger partial charge in [0, 0.05) is 32.7 Å². The molecule has 1 aliphatic heterocycles. The molecule has 0 spiro atoms. The predicted molar refractivity (Wildman–Crippen MR) is 85.9 cm³/mol. The molecule has 0 amide bonds. The van der Waals surface area contributed by atoms with Gasteiger partial charge in [0.1, 0.15) is 0 Å². The Morgan fingerprint density at radius 1 is 1.00 bits per heavy atom. The van der Waals surface area contributed by atoms with Crippen molar-refractivity contribution in [3.8, 4) is 0 Å². The van der Waals surface area contributed by atoms with Crippen LogP contribution in [-0.2, 0) is 0 Å². The van der Waals surface area contributed by atoms with Gasteiger partial charge in [0.2, 0.25) is 0 Å². The van der Waals surface area contributed by atoms with E-state index in [1.54, 1.807) is 11.1 Å². The largest absolute Gasteiger partial charge is 0.314 e. The first-order valence-electron chi connectivity index (χ1n) is 8.04. The van der Waals surface area contributed by atoms with E-state index in [1.807, 2.05) is 0 Å². The lowest BCUT2D eigenvalue weighted by Gasteiger charge is -2.31. The Bertz CT molecular complexity index is 467. The van der Waals surface area contributed by atoms with Gasteiger partial charge in [0.25, 0.3) is 0 Å². The van der Waals surface area contributed by atoms with Crippen molar-refractivity contribution in [2.24, 2.45) is 0 Å². The van der Waals surface area contributed by atoms with Crippen molar-refractivity contribution in [2.45, 2.75) is 32.6 Å².